The van der Waals surface area contributed by atoms with Crippen LogP contribution in [0.1, 0.15) is 23.6 Å². The summed E-state index contributed by atoms with van der Waals surface area (Å²) in [7, 11) is 0. The minimum Gasteiger partial charge on any atom is -0.385 e. The summed E-state index contributed by atoms with van der Waals surface area (Å²) in [5, 5.41) is 10.5. The highest BCUT2D eigenvalue weighted by Crippen LogP contribution is 2.28. The summed E-state index contributed by atoms with van der Waals surface area (Å²) in [5.74, 6) is -0.903. The van der Waals surface area contributed by atoms with Gasteiger partial charge in [0.2, 0.25) is 0 Å². The number of rotatable bonds is 3. The van der Waals surface area contributed by atoms with E-state index in [-0.39, 0.29) is 17.3 Å². The second-order valence-electron chi connectivity index (χ2n) is 5.16. The van der Waals surface area contributed by atoms with Gasteiger partial charge in [0.15, 0.2) is 0 Å². The second kappa shape index (κ2) is 5.51. The maximum Gasteiger partial charge on any atom is 0.142 e. The van der Waals surface area contributed by atoms with E-state index in [0.717, 1.165) is 0 Å². The molecule has 0 bridgehead atoms. The Morgan fingerprint density at radius 1 is 1.10 bits per heavy atom. The quantitative estimate of drug-likeness (QED) is 0.891. The zero-order valence-electron chi connectivity index (χ0n) is 11.3. The molecular formula is C16H15ClF2O. The number of aliphatic hydroxyl groups is 1. The first-order valence-electron chi connectivity index (χ1n) is 6.22. The largest absolute Gasteiger partial charge is 0.385 e. The monoisotopic (exact) mass is 296 g/mol. The van der Waals surface area contributed by atoms with Crippen LogP contribution in [-0.2, 0) is 12.0 Å². The van der Waals surface area contributed by atoms with Crippen LogP contribution in [0, 0.1) is 18.6 Å². The molecule has 0 amide bonds. The van der Waals surface area contributed by atoms with Crippen LogP contribution < -0.4 is 0 Å². The minimum absolute atomic E-state index is 0.0368. The fourth-order valence-electron chi connectivity index (χ4n) is 2.08. The van der Waals surface area contributed by atoms with Crippen molar-refractivity contribution in [2.75, 3.05) is 0 Å². The Bertz CT molecular complexity index is 638. The predicted octanol–water partition coefficient (Wildman–Crippen LogP) is 4.38. The van der Waals surface area contributed by atoms with Crippen molar-refractivity contribution >= 4 is 11.6 Å². The molecule has 2 rings (SSSR count). The molecular weight excluding hydrogens is 282 g/mol. The van der Waals surface area contributed by atoms with Crippen LogP contribution in [0.25, 0.3) is 0 Å². The molecule has 0 radical (unpaired) electrons. The van der Waals surface area contributed by atoms with E-state index in [9.17, 15) is 13.9 Å². The van der Waals surface area contributed by atoms with Gasteiger partial charge in [-0.3, -0.25) is 0 Å². The molecule has 4 heteroatoms. The van der Waals surface area contributed by atoms with Gasteiger partial charge in [0.25, 0.3) is 0 Å². The Labute approximate surface area is 121 Å². The van der Waals surface area contributed by atoms with Crippen LogP contribution in [0.5, 0.6) is 0 Å². The SMILES string of the molecule is Cc1ccc(C(C)(O)Cc2ccc(Cl)c(F)c2)cc1F. The summed E-state index contributed by atoms with van der Waals surface area (Å²) in [6, 6.07) is 8.96. The van der Waals surface area contributed by atoms with Crippen molar-refractivity contribution < 1.29 is 13.9 Å². The molecule has 1 nitrogen and oxygen atoms in total. The van der Waals surface area contributed by atoms with Gasteiger partial charge in [-0.05, 0) is 48.7 Å². The van der Waals surface area contributed by atoms with Gasteiger partial charge in [-0.25, -0.2) is 8.78 Å². The average Bonchev–Trinajstić information content (AvgIpc) is 2.37. The van der Waals surface area contributed by atoms with Crippen LogP contribution in [0.2, 0.25) is 5.02 Å². The van der Waals surface area contributed by atoms with Crippen LogP contribution in [-0.4, -0.2) is 5.11 Å². The van der Waals surface area contributed by atoms with Crippen LogP contribution in [0.4, 0.5) is 8.78 Å². The molecule has 1 N–H and O–H groups in total. The molecule has 0 heterocycles. The van der Waals surface area contributed by atoms with Gasteiger partial charge in [0.05, 0.1) is 10.6 Å². The fraction of sp³-hybridized carbons (Fsp3) is 0.250. The van der Waals surface area contributed by atoms with Crippen LogP contribution >= 0.6 is 11.6 Å². The van der Waals surface area contributed by atoms with Gasteiger partial charge in [-0.2, -0.15) is 0 Å². The molecule has 20 heavy (non-hydrogen) atoms. The van der Waals surface area contributed by atoms with Crippen molar-refractivity contribution in [2.45, 2.75) is 25.9 Å². The molecule has 1 unspecified atom stereocenters. The Hall–Kier alpha value is -1.45. The van der Waals surface area contributed by atoms with Crippen molar-refractivity contribution in [1.82, 2.24) is 0 Å². The third kappa shape index (κ3) is 3.17. The number of hydrogen-bond donors (Lipinski definition) is 1. The molecule has 0 aromatic heterocycles. The lowest BCUT2D eigenvalue weighted by molar-refractivity contribution is 0.0572. The molecule has 0 saturated heterocycles. The molecule has 2 aromatic rings. The van der Waals surface area contributed by atoms with Gasteiger partial charge in [0.1, 0.15) is 11.6 Å². The highest BCUT2D eigenvalue weighted by Gasteiger charge is 2.24. The van der Waals surface area contributed by atoms with Gasteiger partial charge < -0.3 is 5.11 Å². The summed E-state index contributed by atoms with van der Waals surface area (Å²) >= 11 is 5.62. The molecule has 0 aliphatic carbocycles. The van der Waals surface area contributed by atoms with E-state index < -0.39 is 11.4 Å². The van der Waals surface area contributed by atoms with Crippen molar-refractivity contribution in [1.29, 1.82) is 0 Å². The van der Waals surface area contributed by atoms with E-state index >= 15 is 0 Å². The summed E-state index contributed by atoms with van der Waals surface area (Å²) in [5.41, 5.74) is 0.283. The molecule has 0 spiro atoms. The lowest BCUT2D eigenvalue weighted by Crippen LogP contribution is -2.24. The molecule has 1 atom stereocenters. The Morgan fingerprint density at radius 2 is 1.80 bits per heavy atom. The highest BCUT2D eigenvalue weighted by molar-refractivity contribution is 6.30. The van der Waals surface area contributed by atoms with E-state index in [1.165, 1.54) is 18.2 Å². The Balaban J connectivity index is 2.29. The topological polar surface area (TPSA) is 20.2 Å². The number of benzene rings is 2. The third-order valence-electron chi connectivity index (χ3n) is 3.33. The molecule has 0 aliphatic rings. The normalized spacial score (nSPS) is 14.1. The first-order chi connectivity index (χ1) is 9.29. The zero-order chi connectivity index (χ0) is 14.9. The number of halogens is 3. The van der Waals surface area contributed by atoms with Crippen molar-refractivity contribution in [3.05, 3.63) is 69.7 Å². The summed E-state index contributed by atoms with van der Waals surface area (Å²) in [6.07, 6.45) is 0.170. The lowest BCUT2D eigenvalue weighted by atomic mass is 9.88. The number of aryl methyl sites for hydroxylation is 1. The van der Waals surface area contributed by atoms with E-state index in [0.29, 0.717) is 16.7 Å². The molecule has 0 saturated carbocycles. The van der Waals surface area contributed by atoms with E-state index in [1.807, 2.05) is 0 Å². The predicted molar refractivity (Wildman–Crippen MR) is 75.8 cm³/mol. The van der Waals surface area contributed by atoms with Crippen molar-refractivity contribution in [2.24, 2.45) is 0 Å². The summed E-state index contributed by atoms with van der Waals surface area (Å²) in [6.45, 7) is 3.23. The highest BCUT2D eigenvalue weighted by atomic mass is 35.5. The van der Waals surface area contributed by atoms with Gasteiger partial charge in [0, 0.05) is 6.42 Å². The van der Waals surface area contributed by atoms with E-state index in [2.05, 4.69) is 0 Å². The van der Waals surface area contributed by atoms with Gasteiger partial charge in [-0.1, -0.05) is 29.8 Å². The second-order valence-corrected chi connectivity index (χ2v) is 5.57. The van der Waals surface area contributed by atoms with Crippen molar-refractivity contribution in [3.8, 4) is 0 Å². The summed E-state index contributed by atoms with van der Waals surface area (Å²) in [4.78, 5) is 0. The van der Waals surface area contributed by atoms with Crippen LogP contribution in [0.15, 0.2) is 36.4 Å². The fourth-order valence-corrected chi connectivity index (χ4v) is 2.19. The maximum atomic E-state index is 13.6. The van der Waals surface area contributed by atoms with E-state index in [4.69, 9.17) is 11.6 Å². The first kappa shape index (κ1) is 14.9. The summed E-state index contributed by atoms with van der Waals surface area (Å²) < 4.78 is 27.0. The van der Waals surface area contributed by atoms with Gasteiger partial charge in [-0.15, -0.1) is 0 Å². The standard InChI is InChI=1S/C16H15ClF2O/c1-10-3-5-12(8-14(10)18)16(2,20)9-11-4-6-13(17)15(19)7-11/h3-8,20H,9H2,1-2H3. The molecule has 106 valence electrons. The number of hydrogen-bond acceptors (Lipinski definition) is 1. The Morgan fingerprint density at radius 3 is 2.40 bits per heavy atom. The lowest BCUT2D eigenvalue weighted by Gasteiger charge is -2.24. The van der Waals surface area contributed by atoms with Crippen molar-refractivity contribution in [3.63, 3.8) is 0 Å². The minimum atomic E-state index is -1.28. The third-order valence-corrected chi connectivity index (χ3v) is 3.63. The van der Waals surface area contributed by atoms with Crippen LogP contribution in [0.3, 0.4) is 0 Å². The molecule has 0 aliphatic heterocycles. The molecule has 2 aromatic carbocycles. The smallest absolute Gasteiger partial charge is 0.142 e. The van der Waals surface area contributed by atoms with E-state index in [1.54, 1.807) is 32.0 Å². The Kier molecular flexibility index (Phi) is 4.11. The molecule has 0 fully saturated rings. The first-order valence-corrected chi connectivity index (χ1v) is 6.60. The van der Waals surface area contributed by atoms with Gasteiger partial charge >= 0.3 is 0 Å². The zero-order valence-corrected chi connectivity index (χ0v) is 12.0. The average molecular weight is 297 g/mol. The maximum absolute atomic E-state index is 13.6.